The third-order valence-electron chi connectivity index (χ3n) is 3.51. The molecule has 1 saturated carbocycles. The lowest BCUT2D eigenvalue weighted by Gasteiger charge is -2.38. The number of aliphatic hydroxyl groups is 1. The van der Waals surface area contributed by atoms with Gasteiger partial charge in [0.25, 0.3) is 0 Å². The van der Waals surface area contributed by atoms with Crippen LogP contribution in [0.1, 0.15) is 32.1 Å². The van der Waals surface area contributed by atoms with Gasteiger partial charge in [0.1, 0.15) is 0 Å². The molecule has 4 nitrogen and oxygen atoms in total. The Hall–Kier alpha value is -0.370. The summed E-state index contributed by atoms with van der Waals surface area (Å²) in [5, 5.41) is 9.81. The van der Waals surface area contributed by atoms with Gasteiger partial charge in [0.15, 0.2) is 5.79 Å². The van der Waals surface area contributed by atoms with Crippen molar-refractivity contribution in [1.82, 2.24) is 0 Å². The van der Waals surface area contributed by atoms with E-state index in [1.807, 2.05) is 0 Å². The second-order valence-electron chi connectivity index (χ2n) is 5.05. The van der Waals surface area contributed by atoms with Crippen molar-refractivity contribution in [2.24, 2.45) is 0 Å². The van der Waals surface area contributed by atoms with Gasteiger partial charge in [-0.1, -0.05) is 0 Å². The highest BCUT2D eigenvalue weighted by atomic mass is 19.4. The molecule has 1 aliphatic carbocycles. The number of halogens is 3. The predicted octanol–water partition coefficient (Wildman–Crippen LogP) is 2.00. The Bertz CT molecular complexity index is 289. The molecule has 7 heteroatoms. The quantitative estimate of drug-likeness (QED) is 0.802. The second kappa shape index (κ2) is 5.95. The topological polar surface area (TPSA) is 47.9 Å². The number of hydrogen-bond donors (Lipinski definition) is 1. The largest absolute Gasteiger partial charge is 0.390 e. The number of rotatable bonds is 4. The normalized spacial score (nSPS) is 30.9. The summed E-state index contributed by atoms with van der Waals surface area (Å²) < 4.78 is 52.4. The number of ether oxygens (including phenoxy) is 3. The molecule has 112 valence electrons. The Morgan fingerprint density at radius 2 is 1.95 bits per heavy atom. The fraction of sp³-hybridized carbons (Fsp3) is 1.00. The highest BCUT2D eigenvalue weighted by Gasteiger charge is 2.45. The van der Waals surface area contributed by atoms with Crippen LogP contribution in [0.4, 0.5) is 13.2 Å². The zero-order chi connectivity index (χ0) is 13.9. The molecule has 1 saturated heterocycles. The Balaban J connectivity index is 1.75. The monoisotopic (exact) mass is 284 g/mol. The summed E-state index contributed by atoms with van der Waals surface area (Å²) in [6, 6.07) is 0. The summed E-state index contributed by atoms with van der Waals surface area (Å²) in [5.41, 5.74) is 0. The van der Waals surface area contributed by atoms with Gasteiger partial charge in [-0.15, -0.1) is 0 Å². The number of alkyl halides is 3. The molecule has 0 aromatic rings. The van der Waals surface area contributed by atoms with Gasteiger partial charge in [0.05, 0.1) is 25.4 Å². The molecular formula is C12H19F3O4. The molecule has 2 aliphatic rings. The maximum absolute atomic E-state index is 12.0. The average Bonchev–Trinajstić information content (AvgIpc) is 2.77. The zero-order valence-corrected chi connectivity index (χ0v) is 10.6. The van der Waals surface area contributed by atoms with Gasteiger partial charge in [0.2, 0.25) is 0 Å². The van der Waals surface area contributed by atoms with Crippen LogP contribution in [0, 0.1) is 0 Å². The van der Waals surface area contributed by atoms with Gasteiger partial charge in [-0.2, -0.15) is 13.2 Å². The molecule has 1 spiro atoms. The van der Waals surface area contributed by atoms with E-state index < -0.39 is 30.6 Å². The molecule has 2 fully saturated rings. The summed E-state index contributed by atoms with van der Waals surface area (Å²) in [5.74, 6) is -0.700. The lowest BCUT2D eigenvalue weighted by Crippen LogP contribution is -2.46. The standard InChI is InChI=1S/C12H19F3O4/c13-12(14,15)3-1-5-17-10-8-11(4-2-9(10)16)18-6-7-19-11/h9-10,16H,1-8H2. The van der Waals surface area contributed by atoms with Gasteiger partial charge < -0.3 is 19.3 Å². The Labute approximate surface area is 109 Å². The first-order valence-electron chi connectivity index (χ1n) is 6.55. The minimum Gasteiger partial charge on any atom is -0.390 e. The highest BCUT2D eigenvalue weighted by molar-refractivity contribution is 4.88. The summed E-state index contributed by atoms with van der Waals surface area (Å²) >= 11 is 0. The number of hydrogen-bond acceptors (Lipinski definition) is 4. The van der Waals surface area contributed by atoms with Crippen molar-refractivity contribution in [3.05, 3.63) is 0 Å². The van der Waals surface area contributed by atoms with Crippen LogP contribution in [-0.4, -0.2) is 49.1 Å². The van der Waals surface area contributed by atoms with Gasteiger partial charge in [-0.3, -0.25) is 0 Å². The van der Waals surface area contributed by atoms with Gasteiger partial charge >= 0.3 is 6.18 Å². The molecule has 19 heavy (non-hydrogen) atoms. The first kappa shape index (κ1) is 15.0. The lowest BCUT2D eigenvalue weighted by atomic mass is 9.89. The minimum atomic E-state index is -4.16. The fourth-order valence-electron chi connectivity index (χ4n) is 2.53. The molecule has 2 rings (SSSR count). The van der Waals surface area contributed by atoms with E-state index in [1.54, 1.807) is 0 Å². The smallest absolute Gasteiger partial charge is 0.389 e. The van der Waals surface area contributed by atoms with Crippen molar-refractivity contribution in [2.75, 3.05) is 19.8 Å². The van der Waals surface area contributed by atoms with Crippen LogP contribution in [0.5, 0.6) is 0 Å². The highest BCUT2D eigenvalue weighted by Crippen LogP contribution is 2.37. The molecule has 0 aromatic carbocycles. The molecule has 0 amide bonds. The molecule has 0 radical (unpaired) electrons. The van der Waals surface area contributed by atoms with Gasteiger partial charge in [0, 0.05) is 25.9 Å². The van der Waals surface area contributed by atoms with Crippen LogP contribution >= 0.6 is 0 Å². The van der Waals surface area contributed by atoms with Crippen LogP contribution in [0.15, 0.2) is 0 Å². The van der Waals surface area contributed by atoms with Crippen LogP contribution in [-0.2, 0) is 14.2 Å². The van der Waals surface area contributed by atoms with Crippen LogP contribution < -0.4 is 0 Å². The van der Waals surface area contributed by atoms with Crippen molar-refractivity contribution >= 4 is 0 Å². The van der Waals surface area contributed by atoms with Crippen LogP contribution in [0.25, 0.3) is 0 Å². The second-order valence-corrected chi connectivity index (χ2v) is 5.05. The van der Waals surface area contributed by atoms with Gasteiger partial charge in [-0.25, -0.2) is 0 Å². The van der Waals surface area contributed by atoms with E-state index in [1.165, 1.54) is 0 Å². The lowest BCUT2D eigenvalue weighted by molar-refractivity contribution is -0.222. The molecule has 2 atom stereocenters. The predicted molar refractivity (Wildman–Crippen MR) is 59.5 cm³/mol. The molecule has 1 N–H and O–H groups in total. The van der Waals surface area contributed by atoms with E-state index in [2.05, 4.69) is 0 Å². The summed E-state index contributed by atoms with van der Waals surface area (Å²) in [6.07, 6.45) is -4.85. The van der Waals surface area contributed by atoms with Crippen molar-refractivity contribution in [2.45, 2.75) is 56.3 Å². The minimum absolute atomic E-state index is 0.0166. The van der Waals surface area contributed by atoms with E-state index in [9.17, 15) is 18.3 Å². The van der Waals surface area contributed by atoms with E-state index in [0.717, 1.165) is 0 Å². The summed E-state index contributed by atoms with van der Waals surface area (Å²) in [6.45, 7) is 1.01. The summed E-state index contributed by atoms with van der Waals surface area (Å²) in [7, 11) is 0. The third kappa shape index (κ3) is 4.30. The van der Waals surface area contributed by atoms with E-state index >= 15 is 0 Å². The Kier molecular flexibility index (Phi) is 4.70. The molecular weight excluding hydrogens is 265 g/mol. The number of aliphatic hydroxyl groups excluding tert-OH is 1. The van der Waals surface area contributed by atoms with Crippen LogP contribution in [0.3, 0.4) is 0 Å². The SMILES string of the molecule is OC1CCC2(CC1OCCCC(F)(F)F)OCCO2. The van der Waals surface area contributed by atoms with Crippen molar-refractivity contribution in [1.29, 1.82) is 0 Å². The van der Waals surface area contributed by atoms with E-state index in [-0.39, 0.29) is 13.0 Å². The molecule has 1 heterocycles. The van der Waals surface area contributed by atoms with E-state index in [0.29, 0.717) is 32.5 Å². The molecule has 0 aromatic heterocycles. The first-order valence-corrected chi connectivity index (χ1v) is 6.55. The summed E-state index contributed by atoms with van der Waals surface area (Å²) in [4.78, 5) is 0. The molecule has 0 bridgehead atoms. The Morgan fingerprint density at radius 1 is 1.26 bits per heavy atom. The third-order valence-corrected chi connectivity index (χ3v) is 3.51. The zero-order valence-electron chi connectivity index (χ0n) is 10.6. The fourth-order valence-corrected chi connectivity index (χ4v) is 2.53. The van der Waals surface area contributed by atoms with Crippen molar-refractivity contribution in [3.8, 4) is 0 Å². The van der Waals surface area contributed by atoms with Gasteiger partial charge in [-0.05, 0) is 12.8 Å². The average molecular weight is 284 g/mol. The maximum Gasteiger partial charge on any atom is 0.389 e. The van der Waals surface area contributed by atoms with Crippen molar-refractivity contribution < 1.29 is 32.5 Å². The van der Waals surface area contributed by atoms with E-state index in [4.69, 9.17) is 14.2 Å². The molecule has 2 unspecified atom stereocenters. The maximum atomic E-state index is 12.0. The van der Waals surface area contributed by atoms with Crippen LogP contribution in [0.2, 0.25) is 0 Å². The van der Waals surface area contributed by atoms with Crippen molar-refractivity contribution in [3.63, 3.8) is 0 Å². The first-order chi connectivity index (χ1) is 8.90. The Morgan fingerprint density at radius 3 is 2.58 bits per heavy atom. The molecule has 1 aliphatic heterocycles.